The summed E-state index contributed by atoms with van der Waals surface area (Å²) in [7, 11) is 0. The SMILES string of the molecule is CC1(C)CCC2CN(c3ncnc4[nH]ccc34)CC3(CC3)N2C(=O)O1. The number of anilines is 1. The van der Waals surface area contributed by atoms with Crippen LogP contribution in [-0.4, -0.2) is 56.2 Å². The number of nitrogens with zero attached hydrogens (tertiary/aromatic N) is 4. The van der Waals surface area contributed by atoms with Crippen LogP contribution in [0.1, 0.15) is 39.5 Å². The molecule has 5 rings (SSSR count). The van der Waals surface area contributed by atoms with Crippen molar-refractivity contribution in [3.05, 3.63) is 18.6 Å². The Bertz CT molecular complexity index is 841. The van der Waals surface area contributed by atoms with E-state index in [-0.39, 0.29) is 17.7 Å². The van der Waals surface area contributed by atoms with Crippen LogP contribution >= 0.6 is 0 Å². The van der Waals surface area contributed by atoms with E-state index >= 15 is 0 Å². The molecule has 7 heteroatoms. The fraction of sp³-hybridized carbons (Fsp3) is 0.611. The number of hydrogen-bond acceptors (Lipinski definition) is 5. The third kappa shape index (κ3) is 2.28. The van der Waals surface area contributed by atoms with Gasteiger partial charge in [-0.15, -0.1) is 0 Å². The van der Waals surface area contributed by atoms with E-state index < -0.39 is 5.60 Å². The van der Waals surface area contributed by atoms with Gasteiger partial charge in [0.15, 0.2) is 0 Å². The number of piperazine rings is 1. The molecule has 3 aliphatic rings. The number of nitrogens with one attached hydrogen (secondary N) is 1. The summed E-state index contributed by atoms with van der Waals surface area (Å²) in [6.07, 6.45) is 7.29. The second-order valence-corrected chi connectivity index (χ2v) is 8.23. The first-order valence-electron chi connectivity index (χ1n) is 9.03. The molecule has 25 heavy (non-hydrogen) atoms. The zero-order valence-electron chi connectivity index (χ0n) is 14.7. The van der Waals surface area contributed by atoms with Crippen LogP contribution in [0.4, 0.5) is 10.6 Å². The molecule has 2 aromatic heterocycles. The Morgan fingerprint density at radius 1 is 1.28 bits per heavy atom. The lowest BCUT2D eigenvalue weighted by Gasteiger charge is -2.46. The summed E-state index contributed by atoms with van der Waals surface area (Å²) in [6, 6.07) is 2.20. The summed E-state index contributed by atoms with van der Waals surface area (Å²) < 4.78 is 5.78. The maximum absolute atomic E-state index is 12.8. The van der Waals surface area contributed by atoms with E-state index in [2.05, 4.69) is 19.9 Å². The van der Waals surface area contributed by atoms with Gasteiger partial charge in [-0.25, -0.2) is 14.8 Å². The van der Waals surface area contributed by atoms with Crippen LogP contribution in [0.25, 0.3) is 11.0 Å². The Morgan fingerprint density at radius 3 is 2.92 bits per heavy atom. The minimum atomic E-state index is -0.391. The zero-order valence-corrected chi connectivity index (χ0v) is 14.7. The molecule has 1 saturated carbocycles. The number of carbonyl (C=O) groups is 1. The monoisotopic (exact) mass is 341 g/mol. The average molecular weight is 341 g/mol. The number of aromatic amines is 1. The highest BCUT2D eigenvalue weighted by Gasteiger charge is 2.58. The minimum Gasteiger partial charge on any atom is -0.443 e. The molecule has 1 aliphatic carbocycles. The molecular weight excluding hydrogens is 318 g/mol. The van der Waals surface area contributed by atoms with Crippen molar-refractivity contribution in [2.24, 2.45) is 0 Å². The van der Waals surface area contributed by atoms with Crippen molar-refractivity contribution in [2.75, 3.05) is 18.0 Å². The van der Waals surface area contributed by atoms with E-state index in [1.165, 1.54) is 0 Å². The van der Waals surface area contributed by atoms with Crippen LogP contribution in [0.3, 0.4) is 0 Å². The summed E-state index contributed by atoms with van der Waals surface area (Å²) in [5.74, 6) is 0.967. The lowest BCUT2D eigenvalue weighted by Crippen LogP contribution is -2.62. The molecule has 1 amide bonds. The number of ether oxygens (including phenoxy) is 1. The van der Waals surface area contributed by atoms with Gasteiger partial charge in [0.1, 0.15) is 23.4 Å². The van der Waals surface area contributed by atoms with Crippen LogP contribution in [0.15, 0.2) is 18.6 Å². The predicted molar refractivity (Wildman–Crippen MR) is 93.5 cm³/mol. The van der Waals surface area contributed by atoms with E-state index in [1.54, 1.807) is 6.33 Å². The number of H-pyrrole nitrogens is 1. The summed E-state index contributed by atoms with van der Waals surface area (Å²) in [4.78, 5) is 29.2. The van der Waals surface area contributed by atoms with Gasteiger partial charge in [-0.2, -0.15) is 0 Å². The molecule has 4 heterocycles. The smallest absolute Gasteiger partial charge is 0.411 e. The molecule has 1 unspecified atom stereocenters. The van der Waals surface area contributed by atoms with Crippen LogP contribution < -0.4 is 4.90 Å². The van der Waals surface area contributed by atoms with Crippen molar-refractivity contribution in [3.63, 3.8) is 0 Å². The Balaban J connectivity index is 1.52. The molecule has 1 spiro atoms. The van der Waals surface area contributed by atoms with E-state index in [0.717, 1.165) is 55.6 Å². The summed E-state index contributed by atoms with van der Waals surface area (Å²) >= 11 is 0. The van der Waals surface area contributed by atoms with Crippen LogP contribution in [-0.2, 0) is 4.74 Å². The molecule has 2 aliphatic heterocycles. The second kappa shape index (κ2) is 4.86. The number of rotatable bonds is 1. The highest BCUT2D eigenvalue weighted by Crippen LogP contribution is 2.49. The van der Waals surface area contributed by atoms with Gasteiger partial charge in [-0.1, -0.05) is 0 Å². The molecular formula is C18H23N5O2. The number of carbonyl (C=O) groups excluding carboxylic acids is 1. The number of aromatic nitrogens is 3. The Morgan fingerprint density at radius 2 is 2.12 bits per heavy atom. The van der Waals surface area contributed by atoms with Gasteiger partial charge in [0.25, 0.3) is 0 Å². The Labute approximate surface area is 146 Å². The molecule has 0 bridgehead atoms. The summed E-state index contributed by atoms with van der Waals surface area (Å²) in [5.41, 5.74) is 0.380. The lowest BCUT2D eigenvalue weighted by molar-refractivity contribution is 0.0101. The van der Waals surface area contributed by atoms with Crippen LogP contribution in [0, 0.1) is 0 Å². The Kier molecular flexibility index (Phi) is 2.92. The van der Waals surface area contributed by atoms with Gasteiger partial charge in [0.05, 0.1) is 17.0 Å². The van der Waals surface area contributed by atoms with E-state index in [9.17, 15) is 4.79 Å². The first kappa shape index (κ1) is 15.0. The van der Waals surface area contributed by atoms with E-state index in [0.29, 0.717) is 0 Å². The van der Waals surface area contributed by atoms with Crippen molar-refractivity contribution in [1.82, 2.24) is 19.9 Å². The van der Waals surface area contributed by atoms with Crippen molar-refractivity contribution in [3.8, 4) is 0 Å². The summed E-state index contributed by atoms with van der Waals surface area (Å²) in [6.45, 7) is 5.63. The van der Waals surface area contributed by atoms with Gasteiger partial charge in [-0.3, -0.25) is 4.90 Å². The number of fused-ring (bicyclic) bond motifs is 3. The third-order valence-electron chi connectivity index (χ3n) is 5.89. The maximum Gasteiger partial charge on any atom is 0.411 e. The highest BCUT2D eigenvalue weighted by atomic mass is 16.6. The number of hydrogen-bond donors (Lipinski definition) is 1. The normalized spacial score (nSPS) is 27.1. The first-order valence-corrected chi connectivity index (χ1v) is 9.03. The third-order valence-corrected chi connectivity index (χ3v) is 5.89. The highest BCUT2D eigenvalue weighted by molar-refractivity contribution is 5.87. The summed E-state index contributed by atoms with van der Waals surface area (Å²) in [5, 5.41) is 1.04. The lowest BCUT2D eigenvalue weighted by atomic mass is 9.96. The van der Waals surface area contributed by atoms with Crippen LogP contribution in [0.5, 0.6) is 0 Å². The molecule has 0 aromatic carbocycles. The predicted octanol–water partition coefficient (Wildman–Crippen LogP) is 2.69. The van der Waals surface area contributed by atoms with E-state index in [4.69, 9.17) is 4.74 Å². The molecule has 7 nitrogen and oxygen atoms in total. The van der Waals surface area contributed by atoms with Gasteiger partial charge >= 0.3 is 6.09 Å². The minimum absolute atomic E-state index is 0.0893. The van der Waals surface area contributed by atoms with Crippen LogP contribution in [0.2, 0.25) is 0 Å². The van der Waals surface area contributed by atoms with Gasteiger partial charge in [0, 0.05) is 19.3 Å². The van der Waals surface area contributed by atoms with Crippen molar-refractivity contribution in [1.29, 1.82) is 0 Å². The van der Waals surface area contributed by atoms with Gasteiger partial charge in [-0.05, 0) is 45.6 Å². The molecule has 2 aromatic rings. The van der Waals surface area contributed by atoms with Gasteiger partial charge in [0.2, 0.25) is 0 Å². The largest absolute Gasteiger partial charge is 0.443 e. The number of amides is 1. The fourth-order valence-corrected chi connectivity index (χ4v) is 4.45. The topological polar surface area (TPSA) is 74.4 Å². The second-order valence-electron chi connectivity index (χ2n) is 8.23. The fourth-order valence-electron chi connectivity index (χ4n) is 4.45. The van der Waals surface area contributed by atoms with Crippen molar-refractivity contribution >= 4 is 22.9 Å². The average Bonchev–Trinajstić information content (AvgIpc) is 3.17. The first-order chi connectivity index (χ1) is 12.0. The number of cyclic esters (lactones) is 1. The molecule has 132 valence electrons. The Hall–Kier alpha value is -2.31. The molecule has 0 radical (unpaired) electrons. The molecule has 1 N–H and O–H groups in total. The van der Waals surface area contributed by atoms with Crippen molar-refractivity contribution < 1.29 is 9.53 Å². The quantitative estimate of drug-likeness (QED) is 0.863. The molecule has 3 fully saturated rings. The zero-order chi connectivity index (χ0) is 17.2. The maximum atomic E-state index is 12.8. The van der Waals surface area contributed by atoms with Gasteiger partial charge < -0.3 is 14.6 Å². The molecule has 1 atom stereocenters. The van der Waals surface area contributed by atoms with E-state index in [1.807, 2.05) is 31.0 Å². The molecule has 2 saturated heterocycles. The van der Waals surface area contributed by atoms with Crippen molar-refractivity contribution in [2.45, 2.75) is 56.7 Å². The standard InChI is InChI=1S/C18H23N5O2/c1-17(2)5-3-12-9-22(10-18(6-7-18)23(12)16(24)25-17)15-13-4-8-19-14(13)20-11-21-15/h4,8,11-12H,3,5-7,9-10H2,1-2H3,(H,19,20,21).